The van der Waals surface area contributed by atoms with Gasteiger partial charge in [-0.1, -0.05) is 49.1 Å². The lowest BCUT2D eigenvalue weighted by Crippen LogP contribution is -2.47. The van der Waals surface area contributed by atoms with Crippen LogP contribution in [-0.2, 0) is 14.9 Å². The number of methoxy groups -OCH3 is 1. The number of nitrogens with one attached hydrogen (secondary N) is 1. The van der Waals surface area contributed by atoms with Crippen molar-refractivity contribution in [2.45, 2.75) is 50.9 Å². The molecule has 1 heterocycles. The van der Waals surface area contributed by atoms with Crippen LogP contribution < -0.4 is 5.32 Å². The Morgan fingerprint density at radius 2 is 2.03 bits per heavy atom. The van der Waals surface area contributed by atoms with Crippen molar-refractivity contribution in [2.75, 3.05) is 53.6 Å². The average Bonchev–Trinajstić information content (AvgIpc) is 3.21. The summed E-state index contributed by atoms with van der Waals surface area (Å²) in [6.07, 6.45) is 7.68. The zero-order valence-corrected chi connectivity index (χ0v) is 21.3. The Bertz CT molecular complexity index is 662. The highest BCUT2D eigenvalue weighted by molar-refractivity contribution is 14.0. The minimum absolute atomic E-state index is 0. The molecule has 30 heavy (non-hydrogen) atoms. The molecule has 0 radical (unpaired) electrons. The summed E-state index contributed by atoms with van der Waals surface area (Å²) < 4.78 is 10.8. The standard InChI is InChI=1S/C24H39N3O2.HI/c1-20-8-7-9-22(16-20)24(11-5-4-6-12-24)19-26-23(25-2)27-13-10-21(17-27)18-29-15-14-28-3;/h7-9,16,21H,4-6,10-15,17-19H2,1-3H3,(H,25,26);1H. The van der Waals surface area contributed by atoms with Gasteiger partial charge in [-0.25, -0.2) is 0 Å². The Morgan fingerprint density at radius 3 is 2.73 bits per heavy atom. The normalized spacial score (nSPS) is 21.4. The average molecular weight is 530 g/mol. The molecule has 170 valence electrons. The van der Waals surface area contributed by atoms with Crippen LogP contribution in [-0.4, -0.2) is 64.5 Å². The van der Waals surface area contributed by atoms with Crippen molar-refractivity contribution in [3.05, 3.63) is 35.4 Å². The third kappa shape index (κ3) is 6.82. The second-order valence-corrected chi connectivity index (χ2v) is 8.78. The molecule has 2 fully saturated rings. The molecule has 1 atom stereocenters. The van der Waals surface area contributed by atoms with Gasteiger partial charge in [-0.05, 0) is 31.7 Å². The van der Waals surface area contributed by atoms with Crippen LogP contribution in [0.15, 0.2) is 29.3 Å². The Kier molecular flexibility index (Phi) is 10.9. The van der Waals surface area contributed by atoms with Crippen LogP contribution in [0, 0.1) is 12.8 Å². The van der Waals surface area contributed by atoms with E-state index < -0.39 is 0 Å². The molecule has 1 saturated heterocycles. The number of rotatable bonds is 8. The van der Waals surface area contributed by atoms with Gasteiger partial charge in [-0.3, -0.25) is 4.99 Å². The summed E-state index contributed by atoms with van der Waals surface area (Å²) in [5.74, 6) is 1.62. The first-order valence-corrected chi connectivity index (χ1v) is 11.3. The van der Waals surface area contributed by atoms with Crippen LogP contribution in [0.1, 0.15) is 49.7 Å². The summed E-state index contributed by atoms with van der Waals surface area (Å²) in [5.41, 5.74) is 3.07. The van der Waals surface area contributed by atoms with Crippen LogP contribution in [0.25, 0.3) is 0 Å². The smallest absolute Gasteiger partial charge is 0.193 e. The molecule has 1 aromatic rings. The fourth-order valence-corrected chi connectivity index (χ4v) is 4.90. The molecular formula is C24H40IN3O2. The Balaban J connectivity index is 0.00000320. The van der Waals surface area contributed by atoms with Crippen molar-refractivity contribution in [3.8, 4) is 0 Å². The molecule has 1 saturated carbocycles. The van der Waals surface area contributed by atoms with E-state index in [1.54, 1.807) is 7.11 Å². The molecule has 1 aliphatic heterocycles. The first-order chi connectivity index (χ1) is 14.2. The van der Waals surface area contributed by atoms with Crippen molar-refractivity contribution in [1.82, 2.24) is 10.2 Å². The summed E-state index contributed by atoms with van der Waals surface area (Å²) in [5, 5.41) is 3.75. The Labute approximate surface area is 200 Å². The zero-order valence-electron chi connectivity index (χ0n) is 19.0. The summed E-state index contributed by atoms with van der Waals surface area (Å²) >= 11 is 0. The van der Waals surface area contributed by atoms with Crippen molar-refractivity contribution >= 4 is 29.9 Å². The molecule has 0 amide bonds. The maximum absolute atomic E-state index is 5.75. The molecule has 1 aliphatic carbocycles. The number of guanidine groups is 1. The molecule has 6 heteroatoms. The monoisotopic (exact) mass is 529 g/mol. The van der Waals surface area contributed by atoms with Crippen LogP contribution in [0.4, 0.5) is 0 Å². The van der Waals surface area contributed by atoms with Gasteiger partial charge in [0.25, 0.3) is 0 Å². The van der Waals surface area contributed by atoms with E-state index in [1.165, 1.54) is 43.2 Å². The lowest BCUT2D eigenvalue weighted by atomic mass is 9.69. The van der Waals surface area contributed by atoms with E-state index >= 15 is 0 Å². The molecule has 3 rings (SSSR count). The number of aryl methyl sites for hydroxylation is 1. The van der Waals surface area contributed by atoms with E-state index in [0.29, 0.717) is 19.1 Å². The molecule has 1 N–H and O–H groups in total. The van der Waals surface area contributed by atoms with E-state index in [-0.39, 0.29) is 29.4 Å². The lowest BCUT2D eigenvalue weighted by molar-refractivity contribution is 0.0536. The highest BCUT2D eigenvalue weighted by atomic mass is 127. The third-order valence-corrected chi connectivity index (χ3v) is 6.61. The summed E-state index contributed by atoms with van der Waals surface area (Å²) in [7, 11) is 3.62. The fourth-order valence-electron chi connectivity index (χ4n) is 4.90. The number of ether oxygens (including phenoxy) is 2. The lowest BCUT2D eigenvalue weighted by Gasteiger charge is -2.39. The van der Waals surface area contributed by atoms with Crippen LogP contribution in [0.2, 0.25) is 0 Å². The van der Waals surface area contributed by atoms with Crippen LogP contribution >= 0.6 is 24.0 Å². The molecule has 2 aliphatic rings. The summed E-state index contributed by atoms with van der Waals surface area (Å²) in [6, 6.07) is 9.13. The summed E-state index contributed by atoms with van der Waals surface area (Å²) in [6.45, 7) is 7.39. The van der Waals surface area contributed by atoms with Gasteiger partial charge in [0.15, 0.2) is 5.96 Å². The quantitative estimate of drug-likeness (QED) is 0.235. The zero-order chi connectivity index (χ0) is 20.5. The molecular weight excluding hydrogens is 489 g/mol. The fraction of sp³-hybridized carbons (Fsp3) is 0.708. The van der Waals surface area contributed by atoms with Crippen molar-refractivity contribution < 1.29 is 9.47 Å². The number of hydrogen-bond donors (Lipinski definition) is 1. The van der Waals surface area contributed by atoms with Gasteiger partial charge in [0.2, 0.25) is 0 Å². The summed E-state index contributed by atoms with van der Waals surface area (Å²) in [4.78, 5) is 7.01. The first-order valence-electron chi connectivity index (χ1n) is 11.3. The second-order valence-electron chi connectivity index (χ2n) is 8.78. The SMILES string of the molecule is CN=C(NCC1(c2cccc(C)c2)CCCCC1)N1CCC(COCCOC)C1.I. The maximum Gasteiger partial charge on any atom is 0.193 e. The number of benzene rings is 1. The van der Waals surface area contributed by atoms with Gasteiger partial charge in [0.1, 0.15) is 0 Å². The number of halogens is 1. The Morgan fingerprint density at radius 1 is 1.23 bits per heavy atom. The minimum Gasteiger partial charge on any atom is -0.382 e. The van der Waals surface area contributed by atoms with Crippen molar-refractivity contribution in [1.29, 1.82) is 0 Å². The molecule has 0 spiro atoms. The van der Waals surface area contributed by atoms with Crippen molar-refractivity contribution in [3.63, 3.8) is 0 Å². The molecule has 0 aromatic heterocycles. The van der Waals surface area contributed by atoms with E-state index in [1.807, 2.05) is 7.05 Å². The Hall–Kier alpha value is -0.860. The van der Waals surface area contributed by atoms with E-state index in [4.69, 9.17) is 9.47 Å². The first kappa shape index (κ1) is 25.4. The minimum atomic E-state index is 0. The topological polar surface area (TPSA) is 46.1 Å². The van der Waals surface area contributed by atoms with Crippen LogP contribution in [0.3, 0.4) is 0 Å². The number of hydrogen-bond acceptors (Lipinski definition) is 3. The molecule has 1 unspecified atom stereocenters. The van der Waals surface area contributed by atoms with Crippen LogP contribution in [0.5, 0.6) is 0 Å². The number of aliphatic imine (C=N–C) groups is 1. The maximum atomic E-state index is 5.75. The predicted molar refractivity (Wildman–Crippen MR) is 135 cm³/mol. The van der Waals surface area contributed by atoms with E-state index in [2.05, 4.69) is 46.4 Å². The van der Waals surface area contributed by atoms with E-state index in [0.717, 1.165) is 38.6 Å². The number of likely N-dealkylation sites (tertiary alicyclic amines) is 1. The van der Waals surface area contributed by atoms with Gasteiger partial charge in [0, 0.05) is 45.1 Å². The second kappa shape index (κ2) is 12.9. The highest BCUT2D eigenvalue weighted by Crippen LogP contribution is 2.39. The molecule has 5 nitrogen and oxygen atoms in total. The largest absolute Gasteiger partial charge is 0.382 e. The predicted octanol–water partition coefficient (Wildman–Crippen LogP) is 4.38. The van der Waals surface area contributed by atoms with Gasteiger partial charge in [-0.15, -0.1) is 24.0 Å². The number of nitrogens with zero attached hydrogens (tertiary/aromatic N) is 2. The van der Waals surface area contributed by atoms with Gasteiger partial charge in [-0.2, -0.15) is 0 Å². The van der Waals surface area contributed by atoms with E-state index in [9.17, 15) is 0 Å². The van der Waals surface area contributed by atoms with Gasteiger partial charge >= 0.3 is 0 Å². The van der Waals surface area contributed by atoms with Crippen molar-refractivity contribution in [2.24, 2.45) is 10.9 Å². The molecule has 1 aromatic carbocycles. The van der Waals surface area contributed by atoms with Gasteiger partial charge < -0.3 is 19.7 Å². The highest BCUT2D eigenvalue weighted by Gasteiger charge is 2.35. The molecule has 0 bridgehead atoms. The third-order valence-electron chi connectivity index (χ3n) is 6.61. The van der Waals surface area contributed by atoms with Gasteiger partial charge in [0.05, 0.1) is 19.8 Å².